The molecule has 1 fully saturated rings. The van der Waals surface area contributed by atoms with Gasteiger partial charge < -0.3 is 19.3 Å². The second-order valence-electron chi connectivity index (χ2n) is 7.01. The molecule has 1 saturated heterocycles. The molecule has 2 amide bonds. The van der Waals surface area contributed by atoms with Crippen LogP contribution in [0.5, 0.6) is 11.5 Å². The molecule has 0 aliphatic carbocycles. The van der Waals surface area contributed by atoms with Crippen molar-refractivity contribution in [1.29, 1.82) is 0 Å². The maximum atomic E-state index is 13.1. The Morgan fingerprint density at radius 1 is 1.11 bits per heavy atom. The summed E-state index contributed by atoms with van der Waals surface area (Å²) >= 11 is 0. The topological polar surface area (TPSA) is 59.1 Å². The first-order valence-electron chi connectivity index (χ1n) is 8.91. The molecule has 0 radical (unpaired) electrons. The second-order valence-corrected chi connectivity index (χ2v) is 7.01. The predicted octanol–water partition coefficient (Wildman–Crippen LogP) is 2.46. The summed E-state index contributed by atoms with van der Waals surface area (Å²) in [6.07, 6.45) is 0.622. The third-order valence-electron chi connectivity index (χ3n) is 5.69. The van der Waals surface area contributed by atoms with Gasteiger partial charge in [0.15, 0.2) is 0 Å². The summed E-state index contributed by atoms with van der Waals surface area (Å²) in [4.78, 5) is 29.6. The van der Waals surface area contributed by atoms with Gasteiger partial charge in [0.1, 0.15) is 11.5 Å². The zero-order valence-electron chi connectivity index (χ0n) is 15.7. The van der Waals surface area contributed by atoms with E-state index in [0.29, 0.717) is 36.6 Å². The molecule has 4 rings (SSSR count). The van der Waals surface area contributed by atoms with E-state index in [1.165, 1.54) is 7.11 Å². The van der Waals surface area contributed by atoms with Gasteiger partial charge >= 0.3 is 0 Å². The standard InChI is InChI=1S/C21H22N2O4/c1-22-17-7-5-4-6-16(17)21(20(22)25)10-11-23(13-21)19(24)15-9-8-14(26-2)12-18(15)27-3/h4-9,12H,10-11,13H2,1-3H3/t21-/m1/s1. The number of para-hydroxylation sites is 1. The van der Waals surface area contributed by atoms with Crippen LogP contribution in [0.1, 0.15) is 22.3 Å². The molecule has 2 aromatic carbocycles. The van der Waals surface area contributed by atoms with Crippen LogP contribution in [0.3, 0.4) is 0 Å². The quantitative estimate of drug-likeness (QED) is 0.837. The fourth-order valence-electron chi connectivity index (χ4n) is 4.24. The number of anilines is 1. The van der Waals surface area contributed by atoms with E-state index >= 15 is 0 Å². The van der Waals surface area contributed by atoms with Gasteiger partial charge in [0.25, 0.3) is 5.91 Å². The van der Waals surface area contributed by atoms with Crippen LogP contribution in [0.2, 0.25) is 0 Å². The van der Waals surface area contributed by atoms with E-state index in [0.717, 1.165) is 11.3 Å². The lowest BCUT2D eigenvalue weighted by Crippen LogP contribution is -2.42. The van der Waals surface area contributed by atoms with Gasteiger partial charge in [-0.15, -0.1) is 0 Å². The fraction of sp³-hybridized carbons (Fsp3) is 0.333. The molecule has 0 saturated carbocycles. The average Bonchev–Trinajstić information content (AvgIpc) is 3.25. The molecule has 140 valence electrons. The second kappa shape index (κ2) is 6.30. The van der Waals surface area contributed by atoms with Crippen molar-refractivity contribution in [3.8, 4) is 11.5 Å². The van der Waals surface area contributed by atoms with E-state index in [1.54, 1.807) is 42.2 Å². The summed E-state index contributed by atoms with van der Waals surface area (Å²) in [6, 6.07) is 13.0. The van der Waals surface area contributed by atoms with Crippen molar-refractivity contribution in [3.05, 3.63) is 53.6 Å². The van der Waals surface area contributed by atoms with Crippen molar-refractivity contribution < 1.29 is 19.1 Å². The third-order valence-corrected chi connectivity index (χ3v) is 5.69. The SMILES string of the molecule is COc1ccc(C(=O)N2CC[C@]3(C2)C(=O)N(C)c2ccccc23)c(OC)c1. The Balaban J connectivity index is 1.66. The van der Waals surface area contributed by atoms with E-state index in [1.807, 2.05) is 24.3 Å². The number of ether oxygens (including phenoxy) is 2. The number of benzene rings is 2. The number of rotatable bonds is 3. The van der Waals surface area contributed by atoms with E-state index in [2.05, 4.69) is 0 Å². The van der Waals surface area contributed by atoms with Crippen molar-refractivity contribution >= 4 is 17.5 Å². The van der Waals surface area contributed by atoms with Crippen molar-refractivity contribution in [1.82, 2.24) is 4.90 Å². The van der Waals surface area contributed by atoms with E-state index in [4.69, 9.17) is 9.47 Å². The summed E-state index contributed by atoms with van der Waals surface area (Å²) in [6.45, 7) is 0.906. The highest BCUT2D eigenvalue weighted by atomic mass is 16.5. The minimum absolute atomic E-state index is 0.0562. The molecular weight excluding hydrogens is 344 g/mol. The first-order chi connectivity index (χ1) is 13.0. The zero-order valence-corrected chi connectivity index (χ0v) is 15.7. The summed E-state index contributed by atoms with van der Waals surface area (Å²) in [5, 5.41) is 0. The number of carbonyl (C=O) groups is 2. The van der Waals surface area contributed by atoms with Gasteiger partial charge in [-0.05, 0) is 30.2 Å². The van der Waals surface area contributed by atoms with Crippen LogP contribution in [0.15, 0.2) is 42.5 Å². The molecule has 0 unspecified atom stereocenters. The fourth-order valence-corrected chi connectivity index (χ4v) is 4.24. The Kier molecular flexibility index (Phi) is 4.06. The van der Waals surface area contributed by atoms with Gasteiger partial charge in [0.2, 0.25) is 5.91 Å². The number of methoxy groups -OCH3 is 2. The molecule has 2 aliphatic heterocycles. The van der Waals surface area contributed by atoms with Gasteiger partial charge in [-0.25, -0.2) is 0 Å². The number of nitrogens with zero attached hydrogens (tertiary/aromatic N) is 2. The highest BCUT2D eigenvalue weighted by Gasteiger charge is 2.54. The molecule has 27 heavy (non-hydrogen) atoms. The van der Waals surface area contributed by atoms with E-state index < -0.39 is 5.41 Å². The number of likely N-dealkylation sites (tertiary alicyclic amines) is 1. The minimum atomic E-state index is -0.652. The maximum absolute atomic E-state index is 13.1. The Labute approximate surface area is 158 Å². The predicted molar refractivity (Wildman–Crippen MR) is 102 cm³/mol. The first kappa shape index (κ1) is 17.4. The lowest BCUT2D eigenvalue weighted by atomic mass is 9.81. The van der Waals surface area contributed by atoms with Crippen molar-refractivity contribution in [2.45, 2.75) is 11.8 Å². The highest BCUT2D eigenvalue weighted by molar-refractivity contribution is 6.09. The molecule has 2 heterocycles. The molecule has 6 heteroatoms. The third kappa shape index (κ3) is 2.47. The van der Waals surface area contributed by atoms with Gasteiger partial charge in [0.05, 0.1) is 25.2 Å². The number of fused-ring (bicyclic) bond motifs is 2. The van der Waals surface area contributed by atoms with Crippen LogP contribution < -0.4 is 14.4 Å². The minimum Gasteiger partial charge on any atom is -0.497 e. The maximum Gasteiger partial charge on any atom is 0.257 e. The monoisotopic (exact) mass is 366 g/mol. The lowest BCUT2D eigenvalue weighted by molar-refractivity contribution is -0.122. The Morgan fingerprint density at radius 3 is 2.63 bits per heavy atom. The Hall–Kier alpha value is -3.02. The highest BCUT2D eigenvalue weighted by Crippen LogP contribution is 2.47. The summed E-state index contributed by atoms with van der Waals surface area (Å²) in [7, 11) is 4.90. The van der Waals surface area contributed by atoms with Crippen molar-refractivity contribution in [2.75, 3.05) is 39.3 Å². The van der Waals surface area contributed by atoms with Gasteiger partial charge in [0, 0.05) is 31.9 Å². The summed E-state index contributed by atoms with van der Waals surface area (Å²) < 4.78 is 10.6. The Morgan fingerprint density at radius 2 is 1.89 bits per heavy atom. The van der Waals surface area contributed by atoms with Crippen LogP contribution in [-0.2, 0) is 10.2 Å². The van der Waals surface area contributed by atoms with Crippen LogP contribution >= 0.6 is 0 Å². The van der Waals surface area contributed by atoms with E-state index in [-0.39, 0.29) is 11.8 Å². The zero-order chi connectivity index (χ0) is 19.2. The van der Waals surface area contributed by atoms with Gasteiger partial charge in [-0.1, -0.05) is 18.2 Å². The summed E-state index contributed by atoms with van der Waals surface area (Å²) in [5.41, 5.74) is 1.76. The van der Waals surface area contributed by atoms with Crippen LogP contribution in [-0.4, -0.2) is 51.1 Å². The smallest absolute Gasteiger partial charge is 0.257 e. The normalized spacial score (nSPS) is 20.9. The molecule has 0 bridgehead atoms. The number of hydrogen-bond donors (Lipinski definition) is 0. The average molecular weight is 366 g/mol. The number of amides is 2. The number of hydrogen-bond acceptors (Lipinski definition) is 4. The molecule has 0 aromatic heterocycles. The van der Waals surface area contributed by atoms with Crippen molar-refractivity contribution in [3.63, 3.8) is 0 Å². The molecule has 1 atom stereocenters. The van der Waals surface area contributed by atoms with Gasteiger partial charge in [-0.2, -0.15) is 0 Å². The number of likely N-dealkylation sites (N-methyl/N-ethyl adjacent to an activating group) is 1. The van der Waals surface area contributed by atoms with E-state index in [9.17, 15) is 9.59 Å². The molecule has 2 aliphatic rings. The first-order valence-corrected chi connectivity index (χ1v) is 8.91. The van der Waals surface area contributed by atoms with Crippen molar-refractivity contribution in [2.24, 2.45) is 0 Å². The Bertz CT molecular complexity index is 926. The lowest BCUT2D eigenvalue weighted by Gasteiger charge is -2.24. The molecular formula is C21H22N2O4. The molecule has 0 N–H and O–H groups in total. The van der Waals surface area contributed by atoms with Crippen LogP contribution in [0.4, 0.5) is 5.69 Å². The van der Waals surface area contributed by atoms with Gasteiger partial charge in [-0.3, -0.25) is 9.59 Å². The largest absolute Gasteiger partial charge is 0.497 e. The molecule has 2 aromatic rings. The van der Waals surface area contributed by atoms with Crippen LogP contribution in [0.25, 0.3) is 0 Å². The number of carbonyl (C=O) groups excluding carboxylic acids is 2. The molecule has 1 spiro atoms. The van der Waals surface area contributed by atoms with Crippen LogP contribution in [0, 0.1) is 0 Å². The summed E-state index contributed by atoms with van der Waals surface area (Å²) in [5.74, 6) is 1.02. The molecule has 6 nitrogen and oxygen atoms in total.